The molecule has 1 atom stereocenters. The maximum absolute atomic E-state index is 12.2. The van der Waals surface area contributed by atoms with E-state index in [1.54, 1.807) is 6.20 Å². The van der Waals surface area contributed by atoms with E-state index < -0.39 is 0 Å². The first kappa shape index (κ1) is 21.1. The lowest BCUT2D eigenvalue weighted by atomic mass is 10.0. The second-order valence-electron chi connectivity index (χ2n) is 7.27. The normalized spacial score (nSPS) is 15.5. The fourth-order valence-corrected chi connectivity index (χ4v) is 2.91. The summed E-state index contributed by atoms with van der Waals surface area (Å²) in [5.41, 5.74) is 1.89. The summed E-state index contributed by atoms with van der Waals surface area (Å²) in [7, 11) is 0. The summed E-state index contributed by atoms with van der Waals surface area (Å²) in [6.45, 7) is 9.83. The van der Waals surface area contributed by atoms with Gasteiger partial charge in [-0.3, -0.25) is 4.79 Å². The molecule has 7 heteroatoms. The van der Waals surface area contributed by atoms with Crippen LogP contribution in [0.3, 0.4) is 0 Å². The van der Waals surface area contributed by atoms with Gasteiger partial charge in [0.15, 0.2) is 17.8 Å². The Morgan fingerprint density at radius 3 is 2.57 bits per heavy atom. The number of Topliss-reactive ketones (excluding diaryl/α,β-unsaturated/α-hetero) is 1. The highest BCUT2D eigenvalue weighted by Gasteiger charge is 2.17. The number of carbonyl (C=O) groups is 1. The molecule has 1 fully saturated rings. The van der Waals surface area contributed by atoms with E-state index in [1.165, 1.54) is 17.3 Å². The number of likely N-dealkylation sites (tertiary alicyclic amines) is 1. The summed E-state index contributed by atoms with van der Waals surface area (Å²) >= 11 is 0. The highest BCUT2D eigenvalue weighted by Crippen LogP contribution is 2.16. The molecule has 28 heavy (non-hydrogen) atoms. The van der Waals surface area contributed by atoms with Crippen LogP contribution in [0.2, 0.25) is 0 Å². The number of ketones is 1. The maximum Gasteiger partial charge on any atom is 0.184 e. The van der Waals surface area contributed by atoms with E-state index in [2.05, 4.69) is 23.2 Å². The molecule has 146 valence electrons. The Morgan fingerprint density at radius 2 is 2.11 bits per heavy atom. The number of pyridine rings is 1. The van der Waals surface area contributed by atoms with E-state index in [1.807, 2.05) is 43.9 Å². The fourth-order valence-electron chi connectivity index (χ4n) is 2.91. The van der Waals surface area contributed by atoms with Gasteiger partial charge in [-0.15, -0.1) is 0 Å². The molecular formula is C21H26N6O. The lowest BCUT2D eigenvalue weighted by molar-refractivity contribution is 0.0933. The molecule has 0 bridgehead atoms. The van der Waals surface area contributed by atoms with Crippen molar-refractivity contribution in [2.24, 2.45) is 11.8 Å². The van der Waals surface area contributed by atoms with Gasteiger partial charge in [0.25, 0.3) is 0 Å². The second kappa shape index (κ2) is 9.66. The average molecular weight is 378 g/mol. The fraction of sp³-hybridized carbons (Fsp3) is 0.476. The minimum atomic E-state index is -0.102. The average Bonchev–Trinajstić information content (AvgIpc) is 3.36. The molecule has 0 aromatic carbocycles. The number of nitriles is 2. The Morgan fingerprint density at radius 1 is 1.36 bits per heavy atom. The smallest absolute Gasteiger partial charge is 0.184 e. The predicted molar refractivity (Wildman–Crippen MR) is 106 cm³/mol. The number of rotatable bonds is 4. The Bertz CT molecular complexity index is 902. The SMILES string of the molecule is CC1CCN(C#N)C1.CCc1ccc(-n2cc(C#N)cn2)nc1C(=O)C(C)C. The molecule has 3 heterocycles. The van der Waals surface area contributed by atoms with Gasteiger partial charge in [0.1, 0.15) is 11.8 Å². The molecule has 1 aliphatic heterocycles. The van der Waals surface area contributed by atoms with Crippen molar-refractivity contribution in [2.45, 2.75) is 40.5 Å². The zero-order chi connectivity index (χ0) is 20.7. The topological polar surface area (TPSA) is 98.6 Å². The lowest BCUT2D eigenvalue weighted by Crippen LogP contribution is -2.14. The van der Waals surface area contributed by atoms with Gasteiger partial charge in [0.05, 0.1) is 18.0 Å². The highest BCUT2D eigenvalue weighted by atomic mass is 16.1. The van der Waals surface area contributed by atoms with E-state index in [9.17, 15) is 4.79 Å². The molecule has 0 N–H and O–H groups in total. The summed E-state index contributed by atoms with van der Waals surface area (Å²) in [5.74, 6) is 1.20. The van der Waals surface area contributed by atoms with Crippen LogP contribution < -0.4 is 0 Å². The summed E-state index contributed by atoms with van der Waals surface area (Å²) < 4.78 is 1.51. The van der Waals surface area contributed by atoms with E-state index in [-0.39, 0.29) is 11.7 Å². The summed E-state index contributed by atoms with van der Waals surface area (Å²) in [6, 6.07) is 5.72. The number of carbonyl (C=O) groups excluding carboxylic acids is 1. The van der Waals surface area contributed by atoms with Gasteiger partial charge in [0.2, 0.25) is 0 Å². The third kappa shape index (κ3) is 5.17. The van der Waals surface area contributed by atoms with Gasteiger partial charge >= 0.3 is 0 Å². The van der Waals surface area contributed by atoms with Crippen LogP contribution in [0, 0.1) is 34.6 Å². The number of nitrogens with zero attached hydrogens (tertiary/aromatic N) is 6. The van der Waals surface area contributed by atoms with Crippen molar-refractivity contribution >= 4 is 5.78 Å². The zero-order valence-corrected chi connectivity index (χ0v) is 16.9. The summed E-state index contributed by atoms with van der Waals surface area (Å²) in [5, 5.41) is 21.3. The third-order valence-corrected chi connectivity index (χ3v) is 4.61. The van der Waals surface area contributed by atoms with Crippen LogP contribution in [0.15, 0.2) is 24.5 Å². The van der Waals surface area contributed by atoms with E-state index >= 15 is 0 Å². The van der Waals surface area contributed by atoms with Crippen LogP contribution in [-0.2, 0) is 6.42 Å². The van der Waals surface area contributed by atoms with Crippen molar-refractivity contribution in [3.8, 4) is 18.1 Å². The van der Waals surface area contributed by atoms with Crippen LogP contribution in [0.4, 0.5) is 0 Å². The van der Waals surface area contributed by atoms with Crippen molar-refractivity contribution in [3.63, 3.8) is 0 Å². The molecule has 1 saturated heterocycles. The first-order chi connectivity index (χ1) is 13.4. The standard InChI is InChI=1S/C15H16N4O.C6H10N2/c1-4-12-5-6-13(18-14(12)15(20)10(2)3)19-9-11(7-16)8-17-19;1-6-2-3-8(4-6)5-7/h5-6,8-10H,4H2,1-3H3;6H,2-4H2,1H3. The lowest BCUT2D eigenvalue weighted by Gasteiger charge is -2.10. The molecule has 0 aliphatic carbocycles. The van der Waals surface area contributed by atoms with Crippen molar-refractivity contribution in [3.05, 3.63) is 41.3 Å². The predicted octanol–water partition coefficient (Wildman–Crippen LogP) is 3.35. The quantitative estimate of drug-likeness (QED) is 0.597. The van der Waals surface area contributed by atoms with E-state index in [0.29, 0.717) is 17.1 Å². The van der Waals surface area contributed by atoms with Gasteiger partial charge in [-0.2, -0.15) is 15.6 Å². The molecule has 0 radical (unpaired) electrons. The molecule has 0 saturated carbocycles. The molecule has 1 aliphatic rings. The van der Waals surface area contributed by atoms with Gasteiger partial charge in [-0.05, 0) is 30.4 Å². The van der Waals surface area contributed by atoms with Crippen molar-refractivity contribution in [1.82, 2.24) is 19.7 Å². The monoisotopic (exact) mass is 378 g/mol. The van der Waals surface area contributed by atoms with Crippen molar-refractivity contribution in [1.29, 1.82) is 10.5 Å². The first-order valence-electron chi connectivity index (χ1n) is 9.53. The van der Waals surface area contributed by atoms with Crippen molar-refractivity contribution < 1.29 is 4.79 Å². The molecule has 7 nitrogen and oxygen atoms in total. The minimum Gasteiger partial charge on any atom is -0.310 e. The summed E-state index contributed by atoms with van der Waals surface area (Å²) in [4.78, 5) is 18.5. The number of hydrogen-bond donors (Lipinski definition) is 0. The Kier molecular flexibility index (Phi) is 7.28. The van der Waals surface area contributed by atoms with Crippen LogP contribution in [0.25, 0.3) is 5.82 Å². The van der Waals surface area contributed by atoms with E-state index in [4.69, 9.17) is 10.5 Å². The Hall–Kier alpha value is -3.19. The molecule has 1 unspecified atom stereocenters. The zero-order valence-electron chi connectivity index (χ0n) is 16.9. The molecule has 2 aromatic heterocycles. The van der Waals surface area contributed by atoms with Crippen LogP contribution in [0.1, 0.15) is 55.7 Å². The number of hydrogen-bond acceptors (Lipinski definition) is 6. The largest absolute Gasteiger partial charge is 0.310 e. The minimum absolute atomic E-state index is 0.0244. The van der Waals surface area contributed by atoms with Gasteiger partial charge in [0, 0.05) is 19.0 Å². The van der Waals surface area contributed by atoms with Gasteiger partial charge < -0.3 is 4.90 Å². The van der Waals surface area contributed by atoms with Crippen LogP contribution in [-0.4, -0.2) is 38.5 Å². The van der Waals surface area contributed by atoms with Gasteiger partial charge in [-0.1, -0.05) is 33.8 Å². The summed E-state index contributed by atoms with van der Waals surface area (Å²) in [6.07, 6.45) is 7.14. The Labute approximate surface area is 166 Å². The van der Waals surface area contributed by atoms with Crippen LogP contribution in [0.5, 0.6) is 0 Å². The molecule has 2 aromatic rings. The van der Waals surface area contributed by atoms with Gasteiger partial charge in [-0.25, -0.2) is 9.67 Å². The molecular weight excluding hydrogens is 352 g/mol. The highest BCUT2D eigenvalue weighted by molar-refractivity contribution is 5.97. The van der Waals surface area contributed by atoms with E-state index in [0.717, 1.165) is 31.0 Å². The third-order valence-electron chi connectivity index (χ3n) is 4.61. The molecule has 3 rings (SSSR count). The number of aryl methyl sites for hydroxylation is 1. The second-order valence-corrected chi connectivity index (χ2v) is 7.27. The maximum atomic E-state index is 12.2. The number of aromatic nitrogens is 3. The van der Waals surface area contributed by atoms with Crippen LogP contribution >= 0.6 is 0 Å². The molecule has 0 amide bonds. The molecule has 0 spiro atoms. The Balaban J connectivity index is 0.000000292. The van der Waals surface area contributed by atoms with Crippen molar-refractivity contribution in [2.75, 3.05) is 13.1 Å². The first-order valence-corrected chi connectivity index (χ1v) is 9.53.